The smallest absolute Gasteiger partial charge is 0.407 e. The molecule has 0 saturated carbocycles. The molecular formula is C29H51N3O8. The minimum absolute atomic E-state index is 0.258. The Balaban J connectivity index is 1.27. The van der Waals surface area contributed by atoms with Crippen molar-refractivity contribution in [2.45, 2.75) is 20.0 Å². The lowest BCUT2D eigenvalue weighted by atomic mass is 10.2. The van der Waals surface area contributed by atoms with Crippen LogP contribution >= 0.6 is 0 Å². The maximum atomic E-state index is 11.7. The largest absolute Gasteiger partial charge is 0.445 e. The third kappa shape index (κ3) is 19.3. The van der Waals surface area contributed by atoms with Gasteiger partial charge in [0, 0.05) is 52.4 Å². The fourth-order valence-electron chi connectivity index (χ4n) is 3.85. The van der Waals surface area contributed by atoms with Crippen molar-refractivity contribution in [3.05, 3.63) is 35.9 Å². The van der Waals surface area contributed by atoms with Gasteiger partial charge in [-0.2, -0.15) is 0 Å². The van der Waals surface area contributed by atoms with E-state index in [1.165, 1.54) is 0 Å². The Morgan fingerprint density at radius 1 is 0.650 bits per heavy atom. The van der Waals surface area contributed by atoms with Crippen LogP contribution < -0.4 is 5.32 Å². The van der Waals surface area contributed by atoms with E-state index in [2.05, 4.69) is 22.0 Å². The highest BCUT2D eigenvalue weighted by Gasteiger charge is 2.16. The SMILES string of the molecule is CCCOCCOCCOCCOCCN1CCN(CCOCCOCCNC(=O)OCc2ccccc2)CC1. The Hall–Kier alpha value is -1.83. The molecule has 1 aliphatic rings. The van der Waals surface area contributed by atoms with E-state index in [1.807, 2.05) is 30.3 Å². The fraction of sp³-hybridized carbons (Fsp3) is 0.759. The van der Waals surface area contributed by atoms with E-state index in [-0.39, 0.29) is 6.61 Å². The minimum Gasteiger partial charge on any atom is -0.445 e. The normalized spacial score (nSPS) is 14.4. The molecule has 1 aromatic carbocycles. The quantitative estimate of drug-likeness (QED) is 0.176. The molecule has 230 valence electrons. The van der Waals surface area contributed by atoms with Crippen LogP contribution in [-0.2, 0) is 39.8 Å². The molecule has 1 aromatic rings. The van der Waals surface area contributed by atoms with Crippen molar-refractivity contribution >= 4 is 6.09 Å². The summed E-state index contributed by atoms with van der Waals surface area (Å²) in [4.78, 5) is 16.5. The van der Waals surface area contributed by atoms with Gasteiger partial charge in [-0.15, -0.1) is 0 Å². The summed E-state index contributed by atoms with van der Waals surface area (Å²) in [6.45, 7) is 16.1. The van der Waals surface area contributed by atoms with Crippen LogP contribution in [0.1, 0.15) is 18.9 Å². The number of rotatable bonds is 25. The average Bonchev–Trinajstić information content (AvgIpc) is 2.99. The average molecular weight is 570 g/mol. The van der Waals surface area contributed by atoms with Gasteiger partial charge in [0.15, 0.2) is 0 Å². The van der Waals surface area contributed by atoms with E-state index >= 15 is 0 Å². The van der Waals surface area contributed by atoms with Crippen LogP contribution in [0.3, 0.4) is 0 Å². The Labute approximate surface area is 240 Å². The van der Waals surface area contributed by atoms with Crippen LogP contribution in [0.4, 0.5) is 4.79 Å². The summed E-state index contributed by atoms with van der Waals surface area (Å²) in [5, 5.41) is 2.68. The van der Waals surface area contributed by atoms with Crippen LogP contribution in [0.5, 0.6) is 0 Å². The number of ether oxygens (including phenoxy) is 7. The molecule has 1 N–H and O–H groups in total. The topological polar surface area (TPSA) is 100 Å². The standard InChI is InChI=1S/C29H51N3O8/c1-2-15-34-19-23-38-25-26-39-24-22-37-18-14-32-11-9-31(10-12-32)13-17-36-21-20-35-16-8-30-29(33)40-27-28-6-4-3-5-7-28/h3-7H,2,8-27H2,1H3,(H,30,33). The van der Waals surface area contributed by atoms with Crippen LogP contribution in [0.25, 0.3) is 0 Å². The number of carbonyl (C=O) groups is 1. The lowest BCUT2D eigenvalue weighted by molar-refractivity contribution is -0.00574. The third-order valence-electron chi connectivity index (χ3n) is 6.13. The molecule has 11 nitrogen and oxygen atoms in total. The van der Waals surface area contributed by atoms with E-state index in [1.54, 1.807) is 0 Å². The lowest BCUT2D eigenvalue weighted by Crippen LogP contribution is -2.48. The van der Waals surface area contributed by atoms with Gasteiger partial charge < -0.3 is 38.5 Å². The second-order valence-electron chi connectivity index (χ2n) is 9.35. The second-order valence-corrected chi connectivity index (χ2v) is 9.35. The van der Waals surface area contributed by atoms with E-state index in [0.29, 0.717) is 72.6 Å². The maximum absolute atomic E-state index is 11.7. The summed E-state index contributed by atoms with van der Waals surface area (Å²) in [5.74, 6) is 0. The monoisotopic (exact) mass is 569 g/mol. The number of benzene rings is 1. The Morgan fingerprint density at radius 3 is 1.60 bits per heavy atom. The number of hydrogen-bond acceptors (Lipinski definition) is 10. The highest BCUT2D eigenvalue weighted by molar-refractivity contribution is 5.67. The van der Waals surface area contributed by atoms with Crippen molar-refractivity contribution in [2.24, 2.45) is 0 Å². The Bertz CT molecular complexity index is 708. The first-order valence-electron chi connectivity index (χ1n) is 14.6. The fourth-order valence-corrected chi connectivity index (χ4v) is 3.85. The first-order chi connectivity index (χ1) is 19.8. The van der Waals surface area contributed by atoms with Gasteiger partial charge in [-0.25, -0.2) is 4.79 Å². The first-order valence-corrected chi connectivity index (χ1v) is 14.6. The van der Waals surface area contributed by atoms with Gasteiger partial charge in [0.25, 0.3) is 0 Å². The van der Waals surface area contributed by atoms with E-state index < -0.39 is 6.09 Å². The van der Waals surface area contributed by atoms with Crippen LogP contribution in [-0.4, -0.2) is 141 Å². The van der Waals surface area contributed by atoms with E-state index in [0.717, 1.165) is 64.5 Å². The summed E-state index contributed by atoms with van der Waals surface area (Å²) < 4.78 is 38.4. The van der Waals surface area contributed by atoms with Crippen molar-refractivity contribution in [1.82, 2.24) is 15.1 Å². The molecule has 2 rings (SSSR count). The molecule has 1 heterocycles. The number of nitrogens with one attached hydrogen (secondary N) is 1. The summed E-state index contributed by atoms with van der Waals surface area (Å²) in [6, 6.07) is 9.58. The highest BCUT2D eigenvalue weighted by Crippen LogP contribution is 2.02. The van der Waals surface area contributed by atoms with Crippen molar-refractivity contribution in [3.8, 4) is 0 Å². The zero-order valence-corrected chi connectivity index (χ0v) is 24.4. The summed E-state index contributed by atoms with van der Waals surface area (Å²) >= 11 is 0. The molecule has 1 fully saturated rings. The van der Waals surface area contributed by atoms with Gasteiger partial charge in [-0.1, -0.05) is 37.3 Å². The zero-order valence-electron chi connectivity index (χ0n) is 24.4. The van der Waals surface area contributed by atoms with Gasteiger partial charge in [0.05, 0.1) is 72.7 Å². The summed E-state index contributed by atoms with van der Waals surface area (Å²) in [6.07, 6.45) is 0.592. The van der Waals surface area contributed by atoms with E-state index in [9.17, 15) is 4.79 Å². The predicted octanol–water partition coefficient (Wildman–Crippen LogP) is 2.04. The van der Waals surface area contributed by atoms with Crippen LogP contribution in [0.2, 0.25) is 0 Å². The molecule has 0 aromatic heterocycles. The molecule has 0 atom stereocenters. The zero-order chi connectivity index (χ0) is 28.4. The van der Waals surface area contributed by atoms with Crippen molar-refractivity contribution < 1.29 is 38.0 Å². The molecule has 0 unspecified atom stereocenters. The highest BCUT2D eigenvalue weighted by atomic mass is 16.6. The molecule has 0 spiro atoms. The van der Waals surface area contributed by atoms with Gasteiger partial charge in [-0.3, -0.25) is 9.80 Å². The molecule has 0 radical (unpaired) electrons. The van der Waals surface area contributed by atoms with Crippen LogP contribution in [0, 0.1) is 0 Å². The van der Waals surface area contributed by atoms with Gasteiger partial charge >= 0.3 is 6.09 Å². The van der Waals surface area contributed by atoms with Crippen molar-refractivity contribution in [2.75, 3.05) is 125 Å². The molecule has 0 bridgehead atoms. The first kappa shape index (κ1) is 34.4. The van der Waals surface area contributed by atoms with Gasteiger partial charge in [0.1, 0.15) is 6.61 Å². The minimum atomic E-state index is -0.442. The lowest BCUT2D eigenvalue weighted by Gasteiger charge is -2.34. The number of hydrogen-bond donors (Lipinski definition) is 1. The van der Waals surface area contributed by atoms with Crippen molar-refractivity contribution in [3.63, 3.8) is 0 Å². The second kappa shape index (κ2) is 24.9. The van der Waals surface area contributed by atoms with Gasteiger partial charge in [0.2, 0.25) is 0 Å². The predicted molar refractivity (Wildman–Crippen MR) is 153 cm³/mol. The van der Waals surface area contributed by atoms with Gasteiger partial charge in [-0.05, 0) is 12.0 Å². The summed E-state index contributed by atoms with van der Waals surface area (Å²) in [7, 11) is 0. The summed E-state index contributed by atoms with van der Waals surface area (Å²) in [5.41, 5.74) is 0.956. The number of amides is 1. The molecule has 11 heteroatoms. The Morgan fingerprint density at radius 2 is 1.10 bits per heavy atom. The Kier molecular flexibility index (Phi) is 21.4. The molecule has 0 aliphatic carbocycles. The molecule has 1 aliphatic heterocycles. The molecule has 1 saturated heterocycles. The number of carbonyl (C=O) groups excluding carboxylic acids is 1. The maximum Gasteiger partial charge on any atom is 0.407 e. The number of nitrogens with zero attached hydrogens (tertiary/aromatic N) is 2. The number of alkyl carbamates (subject to hydrolysis) is 1. The van der Waals surface area contributed by atoms with Crippen molar-refractivity contribution in [1.29, 1.82) is 0 Å². The molecule has 40 heavy (non-hydrogen) atoms. The van der Waals surface area contributed by atoms with E-state index in [4.69, 9.17) is 33.2 Å². The van der Waals surface area contributed by atoms with Crippen LogP contribution in [0.15, 0.2) is 30.3 Å². The number of piperazine rings is 1. The molecular weight excluding hydrogens is 518 g/mol. The third-order valence-corrected chi connectivity index (χ3v) is 6.13. The molecule has 1 amide bonds.